The highest BCUT2D eigenvalue weighted by atomic mass is 16.5. The van der Waals surface area contributed by atoms with Gasteiger partial charge in [0, 0.05) is 31.8 Å². The highest BCUT2D eigenvalue weighted by Gasteiger charge is 2.25. The maximum Gasteiger partial charge on any atom is 0.0588 e. The minimum atomic E-state index is 0.227. The number of rotatable bonds is 5. The third kappa shape index (κ3) is 5.28. The lowest BCUT2D eigenvalue weighted by molar-refractivity contribution is 0.0958. The van der Waals surface area contributed by atoms with E-state index in [9.17, 15) is 0 Å². The van der Waals surface area contributed by atoms with E-state index in [2.05, 4.69) is 45.0 Å². The first kappa shape index (κ1) is 13.9. The van der Waals surface area contributed by atoms with Crippen LogP contribution in [-0.2, 0) is 4.74 Å². The summed E-state index contributed by atoms with van der Waals surface area (Å²) in [5.74, 6) is 0.722. The monoisotopic (exact) mass is 228 g/mol. The molecule has 2 unspecified atom stereocenters. The van der Waals surface area contributed by atoms with Gasteiger partial charge >= 0.3 is 0 Å². The SMILES string of the molecule is CC1OCCC1CN(C)CCNC(C)(C)C. The van der Waals surface area contributed by atoms with Gasteiger partial charge in [0.1, 0.15) is 0 Å². The van der Waals surface area contributed by atoms with Crippen LogP contribution in [0.3, 0.4) is 0 Å². The van der Waals surface area contributed by atoms with Crippen molar-refractivity contribution in [2.24, 2.45) is 5.92 Å². The first-order valence-electron chi connectivity index (χ1n) is 6.43. The Hall–Kier alpha value is -0.120. The summed E-state index contributed by atoms with van der Waals surface area (Å²) in [5, 5.41) is 3.52. The molecule has 0 amide bonds. The van der Waals surface area contributed by atoms with Gasteiger partial charge in [-0.2, -0.15) is 0 Å². The second-order valence-electron chi connectivity index (χ2n) is 6.06. The van der Waals surface area contributed by atoms with Crippen LogP contribution in [0.15, 0.2) is 0 Å². The molecule has 0 bridgehead atoms. The molecule has 0 spiro atoms. The normalized spacial score (nSPS) is 26.6. The van der Waals surface area contributed by atoms with Crippen LogP contribution in [0.5, 0.6) is 0 Å². The molecule has 1 saturated heterocycles. The Morgan fingerprint density at radius 2 is 2.06 bits per heavy atom. The second kappa shape index (κ2) is 5.99. The zero-order valence-corrected chi connectivity index (χ0v) is 11.5. The summed E-state index contributed by atoms with van der Waals surface area (Å²) in [5.41, 5.74) is 0.227. The third-order valence-corrected chi connectivity index (χ3v) is 3.23. The topological polar surface area (TPSA) is 24.5 Å². The fourth-order valence-electron chi connectivity index (χ4n) is 2.13. The number of likely N-dealkylation sites (N-methyl/N-ethyl adjacent to an activating group) is 1. The molecule has 2 atom stereocenters. The van der Waals surface area contributed by atoms with Gasteiger partial charge < -0.3 is 15.0 Å². The Balaban J connectivity index is 2.13. The molecule has 96 valence electrons. The predicted octanol–water partition coefficient (Wildman–Crippen LogP) is 1.73. The number of nitrogens with one attached hydrogen (secondary N) is 1. The maximum atomic E-state index is 5.58. The molecule has 1 heterocycles. The number of hydrogen-bond acceptors (Lipinski definition) is 3. The van der Waals surface area contributed by atoms with E-state index in [-0.39, 0.29) is 5.54 Å². The third-order valence-electron chi connectivity index (χ3n) is 3.23. The quantitative estimate of drug-likeness (QED) is 0.775. The molecule has 0 aromatic heterocycles. The molecule has 1 aliphatic rings. The fourth-order valence-corrected chi connectivity index (χ4v) is 2.13. The molecule has 0 aromatic rings. The van der Waals surface area contributed by atoms with Crippen molar-refractivity contribution in [2.75, 3.05) is 33.3 Å². The van der Waals surface area contributed by atoms with Crippen LogP contribution in [0.4, 0.5) is 0 Å². The lowest BCUT2D eigenvalue weighted by Crippen LogP contribution is -2.41. The fraction of sp³-hybridized carbons (Fsp3) is 1.00. The summed E-state index contributed by atoms with van der Waals surface area (Å²) in [6.45, 7) is 13.1. The van der Waals surface area contributed by atoms with Gasteiger partial charge in [-0.05, 0) is 47.1 Å². The van der Waals surface area contributed by atoms with Crippen molar-refractivity contribution in [3.8, 4) is 0 Å². The molecule has 1 fully saturated rings. The first-order valence-corrected chi connectivity index (χ1v) is 6.43. The highest BCUT2D eigenvalue weighted by molar-refractivity contribution is 4.76. The van der Waals surface area contributed by atoms with Crippen molar-refractivity contribution in [2.45, 2.75) is 45.8 Å². The van der Waals surface area contributed by atoms with Gasteiger partial charge in [0.05, 0.1) is 6.10 Å². The molecular weight excluding hydrogens is 200 g/mol. The van der Waals surface area contributed by atoms with Gasteiger partial charge in [-0.1, -0.05) is 0 Å². The van der Waals surface area contributed by atoms with Crippen molar-refractivity contribution in [1.29, 1.82) is 0 Å². The van der Waals surface area contributed by atoms with Gasteiger partial charge in [-0.25, -0.2) is 0 Å². The summed E-state index contributed by atoms with van der Waals surface area (Å²) in [6.07, 6.45) is 1.66. The van der Waals surface area contributed by atoms with E-state index in [1.807, 2.05) is 0 Å². The minimum Gasteiger partial charge on any atom is -0.378 e. The summed E-state index contributed by atoms with van der Waals surface area (Å²) in [6, 6.07) is 0. The van der Waals surface area contributed by atoms with Crippen LogP contribution in [-0.4, -0.2) is 49.8 Å². The Kier molecular flexibility index (Phi) is 5.22. The molecule has 0 aliphatic carbocycles. The van der Waals surface area contributed by atoms with Crippen molar-refractivity contribution in [3.63, 3.8) is 0 Å². The molecule has 1 aliphatic heterocycles. The van der Waals surface area contributed by atoms with Gasteiger partial charge in [0.2, 0.25) is 0 Å². The van der Waals surface area contributed by atoms with Crippen LogP contribution in [0, 0.1) is 5.92 Å². The smallest absolute Gasteiger partial charge is 0.0588 e. The standard InChI is InChI=1S/C13H28N2O/c1-11-12(6-9-16-11)10-15(5)8-7-14-13(2,3)4/h11-12,14H,6-10H2,1-5H3. The van der Waals surface area contributed by atoms with E-state index in [1.165, 1.54) is 6.42 Å². The highest BCUT2D eigenvalue weighted by Crippen LogP contribution is 2.20. The van der Waals surface area contributed by atoms with Crippen LogP contribution < -0.4 is 5.32 Å². The molecule has 0 aromatic carbocycles. The zero-order chi connectivity index (χ0) is 12.2. The lowest BCUT2D eigenvalue weighted by Gasteiger charge is -2.26. The van der Waals surface area contributed by atoms with Crippen LogP contribution in [0.2, 0.25) is 0 Å². The first-order chi connectivity index (χ1) is 7.38. The van der Waals surface area contributed by atoms with E-state index < -0.39 is 0 Å². The average molecular weight is 228 g/mol. The van der Waals surface area contributed by atoms with Gasteiger partial charge in [0.25, 0.3) is 0 Å². The van der Waals surface area contributed by atoms with E-state index in [0.717, 1.165) is 32.2 Å². The largest absolute Gasteiger partial charge is 0.378 e. The lowest BCUT2D eigenvalue weighted by atomic mass is 10.0. The molecule has 3 nitrogen and oxygen atoms in total. The predicted molar refractivity (Wildman–Crippen MR) is 68.8 cm³/mol. The van der Waals surface area contributed by atoms with Crippen molar-refractivity contribution >= 4 is 0 Å². The average Bonchev–Trinajstić information content (AvgIpc) is 2.49. The summed E-state index contributed by atoms with van der Waals surface area (Å²) in [4.78, 5) is 2.41. The van der Waals surface area contributed by atoms with E-state index in [4.69, 9.17) is 4.74 Å². The molecule has 3 heteroatoms. The Bertz CT molecular complexity index is 201. The Morgan fingerprint density at radius 3 is 2.56 bits per heavy atom. The maximum absolute atomic E-state index is 5.58. The molecule has 1 rings (SSSR count). The minimum absolute atomic E-state index is 0.227. The summed E-state index contributed by atoms with van der Waals surface area (Å²) >= 11 is 0. The van der Waals surface area contributed by atoms with Gasteiger partial charge in [-0.3, -0.25) is 0 Å². The summed E-state index contributed by atoms with van der Waals surface area (Å²) < 4.78 is 5.58. The zero-order valence-electron chi connectivity index (χ0n) is 11.5. The molecule has 0 radical (unpaired) electrons. The molecule has 16 heavy (non-hydrogen) atoms. The van der Waals surface area contributed by atoms with E-state index in [0.29, 0.717) is 6.10 Å². The number of nitrogens with zero attached hydrogens (tertiary/aromatic N) is 1. The molecule has 1 N–H and O–H groups in total. The van der Waals surface area contributed by atoms with Crippen LogP contribution >= 0.6 is 0 Å². The van der Waals surface area contributed by atoms with Crippen LogP contribution in [0.1, 0.15) is 34.1 Å². The van der Waals surface area contributed by atoms with Crippen molar-refractivity contribution < 1.29 is 4.74 Å². The van der Waals surface area contributed by atoms with Crippen molar-refractivity contribution in [1.82, 2.24) is 10.2 Å². The molecule has 0 saturated carbocycles. The second-order valence-corrected chi connectivity index (χ2v) is 6.06. The van der Waals surface area contributed by atoms with Crippen molar-refractivity contribution in [3.05, 3.63) is 0 Å². The van der Waals surface area contributed by atoms with E-state index in [1.54, 1.807) is 0 Å². The van der Waals surface area contributed by atoms with E-state index >= 15 is 0 Å². The Labute approximate surface area is 101 Å². The van der Waals surface area contributed by atoms with Gasteiger partial charge in [0.15, 0.2) is 0 Å². The summed E-state index contributed by atoms with van der Waals surface area (Å²) in [7, 11) is 2.20. The molecular formula is C13H28N2O. The van der Waals surface area contributed by atoms with Gasteiger partial charge in [-0.15, -0.1) is 0 Å². The Morgan fingerprint density at radius 1 is 1.38 bits per heavy atom. The number of hydrogen-bond donors (Lipinski definition) is 1. The van der Waals surface area contributed by atoms with Crippen LogP contribution in [0.25, 0.3) is 0 Å². The number of ether oxygens (including phenoxy) is 1.